The van der Waals surface area contributed by atoms with Gasteiger partial charge in [0.2, 0.25) is 11.8 Å². The Bertz CT molecular complexity index is 1010. The summed E-state index contributed by atoms with van der Waals surface area (Å²) in [5, 5.41) is 4.57. The monoisotopic (exact) mass is 449 g/mol. The van der Waals surface area contributed by atoms with Gasteiger partial charge < -0.3 is 9.80 Å². The van der Waals surface area contributed by atoms with Crippen molar-refractivity contribution in [1.82, 2.24) is 24.6 Å². The Balaban J connectivity index is 1.48. The highest BCUT2D eigenvalue weighted by molar-refractivity contribution is 5.88. The summed E-state index contributed by atoms with van der Waals surface area (Å²) in [7, 11) is 0. The van der Waals surface area contributed by atoms with Crippen molar-refractivity contribution in [1.29, 1.82) is 0 Å². The van der Waals surface area contributed by atoms with Crippen LogP contribution in [0.25, 0.3) is 0 Å². The lowest BCUT2D eigenvalue weighted by Crippen LogP contribution is -2.52. The lowest BCUT2D eigenvalue weighted by molar-refractivity contribution is -0.148. The van der Waals surface area contributed by atoms with Crippen LogP contribution in [0.2, 0.25) is 0 Å². The molecule has 5 rings (SSSR count). The average Bonchev–Trinajstić information content (AvgIpc) is 3.41. The molecule has 2 amide bonds. The Hall–Kier alpha value is -2.70. The van der Waals surface area contributed by atoms with Gasteiger partial charge in [0.15, 0.2) is 0 Å². The zero-order chi connectivity index (χ0) is 23.2. The lowest BCUT2D eigenvalue weighted by atomic mass is 9.70. The van der Waals surface area contributed by atoms with E-state index >= 15 is 0 Å². The fourth-order valence-corrected chi connectivity index (χ4v) is 6.29. The number of hydrogen-bond donors (Lipinski definition) is 0. The van der Waals surface area contributed by atoms with E-state index in [-0.39, 0.29) is 29.7 Å². The molecule has 0 bridgehead atoms. The number of amides is 2. The highest BCUT2D eigenvalue weighted by Gasteiger charge is 2.57. The van der Waals surface area contributed by atoms with E-state index in [1.165, 1.54) is 0 Å². The normalized spacial score (nSPS) is 29.7. The molecule has 0 aromatic carbocycles. The van der Waals surface area contributed by atoms with Gasteiger partial charge in [-0.15, -0.1) is 0 Å². The van der Waals surface area contributed by atoms with Crippen LogP contribution in [-0.4, -0.2) is 56.0 Å². The van der Waals surface area contributed by atoms with Gasteiger partial charge in [-0.3, -0.25) is 19.3 Å². The summed E-state index contributed by atoms with van der Waals surface area (Å²) < 4.78 is 2.04. The van der Waals surface area contributed by atoms with Gasteiger partial charge in [-0.2, -0.15) is 5.10 Å². The topological polar surface area (TPSA) is 71.3 Å². The molecule has 7 heteroatoms. The van der Waals surface area contributed by atoms with Crippen LogP contribution >= 0.6 is 0 Å². The van der Waals surface area contributed by atoms with Crippen LogP contribution in [0.4, 0.5) is 0 Å². The number of pyridine rings is 1. The van der Waals surface area contributed by atoms with E-state index in [4.69, 9.17) is 0 Å². The van der Waals surface area contributed by atoms with Crippen molar-refractivity contribution < 1.29 is 9.59 Å². The Morgan fingerprint density at radius 3 is 2.76 bits per heavy atom. The molecule has 3 aliphatic rings. The van der Waals surface area contributed by atoms with Gasteiger partial charge in [0.25, 0.3) is 0 Å². The second-order valence-corrected chi connectivity index (χ2v) is 10.7. The summed E-state index contributed by atoms with van der Waals surface area (Å²) in [6, 6.07) is 6.20. The first-order chi connectivity index (χ1) is 15.9. The van der Waals surface area contributed by atoms with E-state index in [1.807, 2.05) is 39.0 Å². The van der Waals surface area contributed by atoms with Gasteiger partial charge in [0.1, 0.15) is 0 Å². The SMILES string of the molecule is CC1CC(C(=O)N2C[C@@H](c3ccnn3C(C)C)[C@]3(CCCN(Cc4cccnc4)C3=O)C2)C1. The van der Waals surface area contributed by atoms with E-state index < -0.39 is 5.41 Å². The summed E-state index contributed by atoms with van der Waals surface area (Å²) in [5.74, 6) is 1.13. The predicted octanol–water partition coefficient (Wildman–Crippen LogP) is 3.64. The van der Waals surface area contributed by atoms with Gasteiger partial charge in [0.05, 0.1) is 5.41 Å². The molecule has 0 radical (unpaired) electrons. The molecule has 2 saturated heterocycles. The van der Waals surface area contributed by atoms with Crippen molar-refractivity contribution in [2.75, 3.05) is 19.6 Å². The first kappa shape index (κ1) is 22.1. The van der Waals surface area contributed by atoms with E-state index in [1.54, 1.807) is 6.20 Å². The molecule has 33 heavy (non-hydrogen) atoms. The molecule has 2 aromatic rings. The molecule has 1 spiro atoms. The van der Waals surface area contributed by atoms with E-state index in [0.717, 1.165) is 43.5 Å². The van der Waals surface area contributed by atoms with Crippen LogP contribution in [0, 0.1) is 17.3 Å². The second kappa shape index (κ2) is 8.58. The molecule has 2 aromatic heterocycles. The third-order valence-corrected chi connectivity index (χ3v) is 7.99. The molecule has 7 nitrogen and oxygen atoms in total. The van der Waals surface area contributed by atoms with Gasteiger partial charge in [0, 0.05) is 68.3 Å². The number of piperidine rings is 1. The van der Waals surface area contributed by atoms with Crippen molar-refractivity contribution in [3.8, 4) is 0 Å². The molecule has 2 atom stereocenters. The first-order valence-electron chi connectivity index (χ1n) is 12.4. The van der Waals surface area contributed by atoms with Crippen LogP contribution in [0.3, 0.4) is 0 Å². The maximum absolute atomic E-state index is 14.2. The minimum atomic E-state index is -0.585. The fraction of sp³-hybridized carbons (Fsp3) is 0.615. The maximum atomic E-state index is 14.2. The second-order valence-electron chi connectivity index (χ2n) is 10.7. The molecular weight excluding hydrogens is 414 g/mol. The number of rotatable bonds is 5. The molecule has 3 fully saturated rings. The highest BCUT2D eigenvalue weighted by Crippen LogP contribution is 2.51. The van der Waals surface area contributed by atoms with Gasteiger partial charge >= 0.3 is 0 Å². The molecule has 4 heterocycles. The number of likely N-dealkylation sites (tertiary alicyclic amines) is 2. The van der Waals surface area contributed by atoms with Crippen LogP contribution in [-0.2, 0) is 16.1 Å². The maximum Gasteiger partial charge on any atom is 0.231 e. The Kier molecular flexibility index (Phi) is 5.75. The number of nitrogens with zero attached hydrogens (tertiary/aromatic N) is 5. The molecule has 0 N–H and O–H groups in total. The van der Waals surface area contributed by atoms with Crippen LogP contribution in [0.5, 0.6) is 0 Å². The first-order valence-corrected chi connectivity index (χ1v) is 12.4. The van der Waals surface area contributed by atoms with E-state index in [0.29, 0.717) is 25.6 Å². The number of carbonyl (C=O) groups is 2. The predicted molar refractivity (Wildman–Crippen MR) is 125 cm³/mol. The number of aromatic nitrogens is 3. The van der Waals surface area contributed by atoms with Gasteiger partial charge in [-0.25, -0.2) is 0 Å². The molecular formula is C26H35N5O2. The third-order valence-electron chi connectivity index (χ3n) is 7.99. The van der Waals surface area contributed by atoms with Crippen LogP contribution in [0.15, 0.2) is 36.8 Å². The highest BCUT2D eigenvalue weighted by atomic mass is 16.2. The largest absolute Gasteiger partial charge is 0.341 e. The third kappa shape index (κ3) is 3.85. The minimum Gasteiger partial charge on any atom is -0.341 e. The fourth-order valence-electron chi connectivity index (χ4n) is 6.29. The number of carbonyl (C=O) groups excluding carboxylic acids is 2. The van der Waals surface area contributed by atoms with Gasteiger partial charge in [-0.1, -0.05) is 13.0 Å². The van der Waals surface area contributed by atoms with Gasteiger partial charge in [-0.05, 0) is 63.1 Å². The summed E-state index contributed by atoms with van der Waals surface area (Å²) in [5.41, 5.74) is 1.54. The molecule has 0 unspecified atom stereocenters. The van der Waals surface area contributed by atoms with Crippen molar-refractivity contribution in [2.24, 2.45) is 17.3 Å². The Morgan fingerprint density at radius 2 is 2.06 bits per heavy atom. The Labute approximate surface area is 196 Å². The number of hydrogen-bond acceptors (Lipinski definition) is 4. The molecule has 176 valence electrons. The zero-order valence-corrected chi connectivity index (χ0v) is 20.0. The van der Waals surface area contributed by atoms with Crippen molar-refractivity contribution >= 4 is 11.8 Å². The zero-order valence-electron chi connectivity index (χ0n) is 20.0. The Morgan fingerprint density at radius 1 is 1.24 bits per heavy atom. The smallest absolute Gasteiger partial charge is 0.231 e. The summed E-state index contributed by atoms with van der Waals surface area (Å²) in [4.78, 5) is 35.8. The quantitative estimate of drug-likeness (QED) is 0.699. The minimum absolute atomic E-state index is 0.0342. The van der Waals surface area contributed by atoms with E-state index in [2.05, 4.69) is 36.9 Å². The van der Waals surface area contributed by atoms with Crippen LogP contribution < -0.4 is 0 Å². The van der Waals surface area contributed by atoms with E-state index in [9.17, 15) is 9.59 Å². The molecule has 2 aliphatic heterocycles. The summed E-state index contributed by atoms with van der Waals surface area (Å²) in [6.07, 6.45) is 9.13. The van der Waals surface area contributed by atoms with Crippen molar-refractivity contribution in [3.63, 3.8) is 0 Å². The summed E-state index contributed by atoms with van der Waals surface area (Å²) >= 11 is 0. The van der Waals surface area contributed by atoms with Crippen molar-refractivity contribution in [3.05, 3.63) is 48.0 Å². The average molecular weight is 450 g/mol. The molecule has 1 saturated carbocycles. The van der Waals surface area contributed by atoms with Crippen LogP contribution in [0.1, 0.15) is 69.7 Å². The lowest BCUT2D eigenvalue weighted by Gasteiger charge is -2.42. The standard InChI is InChI=1S/C26H35N5O2/c1-18(2)31-23(7-10-28-31)22-16-30(24(32)21-12-19(3)13-21)17-26(22)8-5-11-29(25(26)33)15-20-6-4-9-27-14-20/h4,6-7,9-10,14,18-19,21-22H,5,8,11-13,15-17H2,1-3H3/t19?,21?,22-,26-/m0/s1. The van der Waals surface area contributed by atoms with Crippen molar-refractivity contribution in [2.45, 2.75) is 65.0 Å². The summed E-state index contributed by atoms with van der Waals surface area (Å²) in [6.45, 7) is 8.89. The molecule has 1 aliphatic carbocycles.